The van der Waals surface area contributed by atoms with E-state index < -0.39 is 0 Å². The number of rotatable bonds is 9. The molecule has 0 unspecified atom stereocenters. The number of hydrogen-bond acceptors (Lipinski definition) is 3. The lowest BCUT2D eigenvalue weighted by Gasteiger charge is -2.34. The number of ether oxygens (including phenoxy) is 2. The van der Waals surface area contributed by atoms with Gasteiger partial charge in [0.2, 0.25) is 0 Å². The van der Waals surface area contributed by atoms with Crippen LogP contribution in [0.25, 0.3) is 0 Å². The molecule has 0 atom stereocenters. The number of hydrogen-bond donors (Lipinski definition) is 2. The summed E-state index contributed by atoms with van der Waals surface area (Å²) < 4.78 is 11.1. The molecule has 1 aliphatic rings. The van der Waals surface area contributed by atoms with E-state index in [1.165, 1.54) is 25.7 Å². The summed E-state index contributed by atoms with van der Waals surface area (Å²) in [6.45, 7) is 8.41. The first-order chi connectivity index (χ1) is 10.3. The third kappa shape index (κ3) is 8.53. The Kier molecular flexibility index (Phi) is 13.3. The monoisotopic (exact) mass is 427 g/mol. The van der Waals surface area contributed by atoms with Crippen molar-refractivity contribution in [2.24, 2.45) is 4.99 Å². The number of methoxy groups -OCH3 is 1. The largest absolute Gasteiger partial charge is 0.381 e. The quantitative estimate of drug-likeness (QED) is 0.257. The lowest BCUT2D eigenvalue weighted by atomic mass is 9.94. The first-order valence-electron chi connectivity index (χ1n) is 8.41. The maximum Gasteiger partial charge on any atom is 0.191 e. The minimum Gasteiger partial charge on any atom is -0.381 e. The first kappa shape index (κ1) is 21.9. The number of guanidine groups is 1. The number of unbranched alkanes of at least 4 members (excludes halogenated alkanes) is 3. The Balaban J connectivity index is 0.00000441. The molecule has 22 heavy (non-hydrogen) atoms. The van der Waals surface area contributed by atoms with E-state index in [0.717, 1.165) is 45.1 Å². The van der Waals surface area contributed by atoms with Crippen LogP contribution in [-0.2, 0) is 9.47 Å². The van der Waals surface area contributed by atoms with Gasteiger partial charge in [-0.1, -0.05) is 26.2 Å². The van der Waals surface area contributed by atoms with Crippen molar-refractivity contribution in [2.45, 2.75) is 58.0 Å². The fourth-order valence-electron chi connectivity index (χ4n) is 2.49. The number of nitrogens with one attached hydrogen (secondary N) is 2. The smallest absolute Gasteiger partial charge is 0.191 e. The van der Waals surface area contributed by atoms with Gasteiger partial charge in [-0.25, -0.2) is 0 Å². The van der Waals surface area contributed by atoms with Crippen LogP contribution in [0.4, 0.5) is 0 Å². The Labute approximate surface area is 153 Å². The molecular weight excluding hydrogens is 393 g/mol. The van der Waals surface area contributed by atoms with E-state index in [0.29, 0.717) is 6.54 Å². The highest BCUT2D eigenvalue weighted by Crippen LogP contribution is 2.24. The second-order valence-corrected chi connectivity index (χ2v) is 5.68. The number of aliphatic imine (C=N–C) groups is 1. The van der Waals surface area contributed by atoms with E-state index >= 15 is 0 Å². The first-order valence-corrected chi connectivity index (χ1v) is 8.41. The highest BCUT2D eigenvalue weighted by atomic mass is 127. The lowest BCUT2D eigenvalue weighted by Crippen LogP contribution is -2.44. The van der Waals surface area contributed by atoms with Crippen LogP contribution in [0.15, 0.2) is 4.99 Å². The minimum atomic E-state index is -0.150. The third-order valence-corrected chi connectivity index (χ3v) is 4.03. The van der Waals surface area contributed by atoms with Gasteiger partial charge < -0.3 is 20.1 Å². The second kappa shape index (κ2) is 13.4. The molecule has 0 aliphatic carbocycles. The van der Waals surface area contributed by atoms with E-state index in [2.05, 4.69) is 24.5 Å². The molecule has 0 bridgehead atoms. The topological polar surface area (TPSA) is 54.9 Å². The summed E-state index contributed by atoms with van der Waals surface area (Å²) in [5, 5.41) is 6.72. The molecule has 1 heterocycles. The van der Waals surface area contributed by atoms with Crippen LogP contribution < -0.4 is 10.6 Å². The molecule has 5 nitrogen and oxygen atoms in total. The van der Waals surface area contributed by atoms with Crippen LogP contribution in [-0.4, -0.2) is 51.5 Å². The Bertz CT molecular complexity index is 295. The van der Waals surface area contributed by atoms with E-state index in [4.69, 9.17) is 14.5 Å². The summed E-state index contributed by atoms with van der Waals surface area (Å²) in [5.74, 6) is 0.900. The maximum absolute atomic E-state index is 5.72. The highest BCUT2D eigenvalue weighted by Gasteiger charge is 2.32. The summed E-state index contributed by atoms with van der Waals surface area (Å²) >= 11 is 0. The predicted octanol–water partition coefficient (Wildman–Crippen LogP) is 2.94. The van der Waals surface area contributed by atoms with E-state index in [9.17, 15) is 0 Å². The highest BCUT2D eigenvalue weighted by molar-refractivity contribution is 14.0. The molecule has 132 valence electrons. The average Bonchev–Trinajstić information content (AvgIpc) is 2.53. The van der Waals surface area contributed by atoms with Gasteiger partial charge in [0.15, 0.2) is 5.96 Å². The van der Waals surface area contributed by atoms with E-state index in [1.807, 2.05) is 0 Å². The number of nitrogens with zero attached hydrogens (tertiary/aromatic N) is 1. The summed E-state index contributed by atoms with van der Waals surface area (Å²) in [6.07, 6.45) is 6.89. The van der Waals surface area contributed by atoms with Crippen molar-refractivity contribution in [1.29, 1.82) is 0 Å². The lowest BCUT2D eigenvalue weighted by molar-refractivity contribution is -0.0828. The summed E-state index contributed by atoms with van der Waals surface area (Å²) in [7, 11) is 1.78. The van der Waals surface area contributed by atoms with Crippen molar-refractivity contribution < 1.29 is 9.47 Å². The summed E-state index contributed by atoms with van der Waals surface area (Å²) in [6, 6.07) is 0. The Hall–Kier alpha value is -0.0800. The Morgan fingerprint density at radius 2 is 1.86 bits per heavy atom. The van der Waals surface area contributed by atoms with Crippen LogP contribution in [0.1, 0.15) is 52.4 Å². The van der Waals surface area contributed by atoms with Crippen molar-refractivity contribution in [3.05, 3.63) is 0 Å². The van der Waals surface area contributed by atoms with Gasteiger partial charge in [0, 0.05) is 46.3 Å². The third-order valence-electron chi connectivity index (χ3n) is 4.03. The van der Waals surface area contributed by atoms with Gasteiger partial charge >= 0.3 is 0 Å². The molecule has 6 heteroatoms. The molecule has 1 saturated heterocycles. The molecule has 0 saturated carbocycles. The fraction of sp³-hybridized carbons (Fsp3) is 0.938. The van der Waals surface area contributed by atoms with Crippen LogP contribution in [0.3, 0.4) is 0 Å². The average molecular weight is 427 g/mol. The minimum absolute atomic E-state index is 0. The van der Waals surface area contributed by atoms with E-state index in [-0.39, 0.29) is 29.6 Å². The second-order valence-electron chi connectivity index (χ2n) is 5.68. The zero-order valence-corrected chi connectivity index (χ0v) is 16.8. The Morgan fingerprint density at radius 1 is 1.14 bits per heavy atom. The molecule has 0 amide bonds. The van der Waals surface area contributed by atoms with E-state index in [1.54, 1.807) is 7.11 Å². The SMILES string of the molecule is CCCCCCNC(=NCC1(OC)CCOCC1)NCC.I. The van der Waals surface area contributed by atoms with Crippen molar-refractivity contribution in [2.75, 3.05) is 40.0 Å². The van der Waals surface area contributed by atoms with Crippen molar-refractivity contribution >= 4 is 29.9 Å². The van der Waals surface area contributed by atoms with Crippen LogP contribution in [0, 0.1) is 0 Å². The normalized spacial score (nSPS) is 17.7. The molecule has 0 aromatic carbocycles. The molecule has 0 radical (unpaired) electrons. The van der Waals surface area contributed by atoms with Gasteiger partial charge in [-0.3, -0.25) is 4.99 Å². The number of halogens is 1. The maximum atomic E-state index is 5.72. The van der Waals surface area contributed by atoms with Gasteiger partial charge in [0.1, 0.15) is 0 Å². The molecule has 0 aromatic rings. The molecule has 0 aromatic heterocycles. The van der Waals surface area contributed by atoms with Crippen molar-refractivity contribution in [3.8, 4) is 0 Å². The molecular formula is C16H34IN3O2. The van der Waals surface area contributed by atoms with Crippen LogP contribution in [0.5, 0.6) is 0 Å². The van der Waals surface area contributed by atoms with Crippen molar-refractivity contribution in [1.82, 2.24) is 10.6 Å². The van der Waals surface area contributed by atoms with Gasteiger partial charge in [-0.2, -0.15) is 0 Å². The van der Waals surface area contributed by atoms with Gasteiger partial charge in [0.25, 0.3) is 0 Å². The van der Waals surface area contributed by atoms with Crippen LogP contribution in [0.2, 0.25) is 0 Å². The predicted molar refractivity (Wildman–Crippen MR) is 103 cm³/mol. The van der Waals surface area contributed by atoms with Gasteiger partial charge in [-0.05, 0) is 13.3 Å². The zero-order chi connectivity index (χ0) is 15.4. The molecule has 1 aliphatic heterocycles. The van der Waals surface area contributed by atoms with Crippen molar-refractivity contribution in [3.63, 3.8) is 0 Å². The molecule has 1 rings (SSSR count). The molecule has 2 N–H and O–H groups in total. The fourth-order valence-corrected chi connectivity index (χ4v) is 2.49. The summed E-state index contributed by atoms with van der Waals surface area (Å²) in [5.41, 5.74) is -0.150. The van der Waals surface area contributed by atoms with Gasteiger partial charge in [0.05, 0.1) is 12.1 Å². The van der Waals surface area contributed by atoms with Gasteiger partial charge in [-0.15, -0.1) is 24.0 Å². The van der Waals surface area contributed by atoms with Crippen LogP contribution >= 0.6 is 24.0 Å². The molecule has 1 fully saturated rings. The Morgan fingerprint density at radius 3 is 2.45 bits per heavy atom. The molecule has 0 spiro atoms. The standard InChI is InChI=1S/C16H33N3O2.HI/c1-4-6-7-8-11-18-15(17-5-2)19-14-16(20-3)9-12-21-13-10-16;/h4-14H2,1-3H3,(H2,17,18,19);1H. The zero-order valence-electron chi connectivity index (χ0n) is 14.5. The summed E-state index contributed by atoms with van der Waals surface area (Å²) in [4.78, 5) is 4.71.